The van der Waals surface area contributed by atoms with Crippen LogP contribution in [0.25, 0.3) is 33.5 Å². The summed E-state index contributed by atoms with van der Waals surface area (Å²) in [5.74, 6) is 0.327. The smallest absolute Gasteiger partial charge is 0.323 e. The van der Waals surface area contributed by atoms with Crippen molar-refractivity contribution >= 4 is 40.0 Å². The van der Waals surface area contributed by atoms with Crippen LogP contribution in [-0.4, -0.2) is 72.2 Å². The fraction of sp³-hybridized carbons (Fsp3) is 0.182. The lowest BCUT2D eigenvalue weighted by Crippen LogP contribution is -2.37. The zero-order valence-electron chi connectivity index (χ0n) is 24.3. The first-order chi connectivity index (χ1) is 21.4. The number of hydrogen-bond donors (Lipinski definition) is 2. The molecule has 2 aromatic heterocycles. The lowest BCUT2D eigenvalue weighted by Gasteiger charge is -2.29. The molecular weight excluding hydrogens is 561 g/mol. The first-order valence-corrected chi connectivity index (χ1v) is 14.1. The Bertz CT molecular complexity index is 1830. The molecule has 222 valence electrons. The minimum Gasteiger partial charge on any atom is -0.378 e. The molecule has 0 bridgehead atoms. The zero-order valence-corrected chi connectivity index (χ0v) is 24.3. The molecule has 2 N–H and O–H groups in total. The van der Waals surface area contributed by atoms with Crippen molar-refractivity contribution in [2.75, 3.05) is 55.9 Å². The molecule has 1 aliphatic heterocycles. The van der Waals surface area contributed by atoms with E-state index in [1.807, 2.05) is 36.4 Å². The van der Waals surface area contributed by atoms with Gasteiger partial charge in [0.2, 0.25) is 0 Å². The van der Waals surface area contributed by atoms with Crippen LogP contribution in [-0.2, 0) is 4.74 Å². The number of amides is 3. The van der Waals surface area contributed by atoms with Crippen LogP contribution in [0.4, 0.5) is 26.4 Å². The van der Waals surface area contributed by atoms with Crippen molar-refractivity contribution in [3.63, 3.8) is 0 Å². The van der Waals surface area contributed by atoms with Crippen LogP contribution in [0.5, 0.6) is 0 Å². The maximum Gasteiger partial charge on any atom is 0.323 e. The number of halogens is 1. The highest BCUT2D eigenvalue weighted by Gasteiger charge is 2.20. The molecule has 3 heterocycles. The van der Waals surface area contributed by atoms with Gasteiger partial charge in [-0.1, -0.05) is 12.1 Å². The van der Waals surface area contributed by atoms with Crippen LogP contribution >= 0.6 is 0 Å². The Balaban J connectivity index is 1.26. The molecule has 1 saturated heterocycles. The van der Waals surface area contributed by atoms with E-state index in [2.05, 4.69) is 20.5 Å². The summed E-state index contributed by atoms with van der Waals surface area (Å²) in [5.41, 5.74) is 3.85. The third-order valence-electron chi connectivity index (χ3n) is 7.22. The van der Waals surface area contributed by atoms with Crippen molar-refractivity contribution < 1.29 is 18.7 Å². The quantitative estimate of drug-likeness (QED) is 0.261. The molecule has 11 heteroatoms. The van der Waals surface area contributed by atoms with Gasteiger partial charge in [-0.2, -0.15) is 0 Å². The van der Waals surface area contributed by atoms with Crippen molar-refractivity contribution in [2.24, 2.45) is 0 Å². The number of pyridine rings is 1. The molecule has 6 rings (SSSR count). The summed E-state index contributed by atoms with van der Waals surface area (Å²) in [4.78, 5) is 42.5. The number of carbonyl (C=O) groups is 2. The maximum absolute atomic E-state index is 15.3. The molecule has 0 radical (unpaired) electrons. The van der Waals surface area contributed by atoms with E-state index in [1.54, 1.807) is 50.6 Å². The summed E-state index contributed by atoms with van der Waals surface area (Å²) in [6.45, 7) is 2.52. The van der Waals surface area contributed by atoms with Crippen molar-refractivity contribution in [3.8, 4) is 22.6 Å². The van der Waals surface area contributed by atoms with Crippen molar-refractivity contribution in [1.82, 2.24) is 19.9 Å². The Morgan fingerprint density at radius 1 is 0.886 bits per heavy atom. The Hall–Kier alpha value is -5.42. The number of ether oxygens (including phenoxy) is 1. The van der Waals surface area contributed by atoms with Gasteiger partial charge in [0.1, 0.15) is 11.6 Å². The average molecular weight is 592 g/mol. The largest absolute Gasteiger partial charge is 0.378 e. The maximum atomic E-state index is 15.3. The Morgan fingerprint density at radius 2 is 1.66 bits per heavy atom. The molecule has 0 spiro atoms. The van der Waals surface area contributed by atoms with Crippen LogP contribution < -0.4 is 15.5 Å². The highest BCUT2D eigenvalue weighted by atomic mass is 19.1. The molecule has 0 unspecified atom stereocenters. The van der Waals surface area contributed by atoms with Gasteiger partial charge < -0.3 is 25.2 Å². The van der Waals surface area contributed by atoms with E-state index in [9.17, 15) is 9.59 Å². The highest BCUT2D eigenvalue weighted by Crippen LogP contribution is 2.32. The number of nitrogens with one attached hydrogen (secondary N) is 2. The van der Waals surface area contributed by atoms with Gasteiger partial charge in [0.05, 0.1) is 30.1 Å². The van der Waals surface area contributed by atoms with Crippen molar-refractivity contribution in [2.45, 2.75) is 0 Å². The third-order valence-corrected chi connectivity index (χ3v) is 7.22. The van der Waals surface area contributed by atoms with E-state index in [-0.39, 0.29) is 11.6 Å². The minimum atomic E-state index is -0.636. The summed E-state index contributed by atoms with van der Waals surface area (Å²) in [6, 6.07) is 22.0. The summed E-state index contributed by atoms with van der Waals surface area (Å²) in [5, 5.41) is 6.08. The standard InChI is InChI=1S/C33H30FN7O3/c1-40(2)32(42)21-6-10-24(11-7-21)36-33(43)38-28-13-9-23(19-26(28)34)30-37-29-20-22(27-5-3-4-14-35-27)8-12-25(29)31(39-30)41-15-17-44-18-16-41/h3-14,19-20H,15-18H2,1-2H3,(H2,36,38,43). The molecule has 3 aromatic carbocycles. The fourth-order valence-electron chi connectivity index (χ4n) is 4.95. The summed E-state index contributed by atoms with van der Waals surface area (Å²) >= 11 is 0. The second kappa shape index (κ2) is 12.4. The normalized spacial score (nSPS) is 13.0. The number of nitrogens with zero attached hydrogens (tertiary/aromatic N) is 5. The van der Waals surface area contributed by atoms with Gasteiger partial charge in [0, 0.05) is 61.1 Å². The zero-order chi connectivity index (χ0) is 30.6. The third kappa shape index (κ3) is 6.18. The Labute approximate surface area is 253 Å². The molecule has 3 amide bonds. The Kier molecular flexibility index (Phi) is 8.11. The second-order valence-electron chi connectivity index (χ2n) is 10.5. The number of morpholine rings is 1. The second-order valence-corrected chi connectivity index (χ2v) is 10.5. The van der Waals surface area contributed by atoms with Crippen LogP contribution in [0.1, 0.15) is 10.4 Å². The molecule has 10 nitrogen and oxygen atoms in total. The van der Waals surface area contributed by atoms with Crippen LogP contribution in [0, 0.1) is 5.82 Å². The molecule has 0 atom stereocenters. The molecule has 44 heavy (non-hydrogen) atoms. The van der Waals surface area contributed by atoms with E-state index >= 15 is 4.39 Å². The number of aromatic nitrogens is 3. The lowest BCUT2D eigenvalue weighted by atomic mass is 10.1. The fourth-order valence-corrected chi connectivity index (χ4v) is 4.95. The molecule has 5 aromatic rings. The van der Waals surface area contributed by atoms with Gasteiger partial charge in [-0.25, -0.2) is 19.2 Å². The van der Waals surface area contributed by atoms with Gasteiger partial charge in [0.25, 0.3) is 5.91 Å². The topological polar surface area (TPSA) is 113 Å². The summed E-state index contributed by atoms with van der Waals surface area (Å²) in [6.07, 6.45) is 1.74. The number of benzene rings is 3. The van der Waals surface area contributed by atoms with Gasteiger partial charge in [0.15, 0.2) is 5.82 Å². The number of anilines is 3. The average Bonchev–Trinajstić information content (AvgIpc) is 3.05. The molecular formula is C33H30FN7O3. The first-order valence-electron chi connectivity index (χ1n) is 14.1. The molecule has 1 fully saturated rings. The van der Waals surface area contributed by atoms with Crippen LogP contribution in [0.15, 0.2) is 85.1 Å². The minimum absolute atomic E-state index is 0.00251. The van der Waals surface area contributed by atoms with E-state index in [1.165, 1.54) is 17.0 Å². The number of rotatable bonds is 6. The van der Waals surface area contributed by atoms with Crippen molar-refractivity contribution in [3.05, 3.63) is 96.4 Å². The van der Waals surface area contributed by atoms with Gasteiger partial charge in [-0.3, -0.25) is 9.78 Å². The van der Waals surface area contributed by atoms with Crippen LogP contribution in [0.2, 0.25) is 0 Å². The Morgan fingerprint density at radius 3 is 2.36 bits per heavy atom. The number of fused-ring (bicyclic) bond motifs is 1. The number of urea groups is 1. The number of hydrogen-bond acceptors (Lipinski definition) is 7. The van der Waals surface area contributed by atoms with Crippen molar-refractivity contribution in [1.29, 1.82) is 0 Å². The van der Waals surface area contributed by atoms with E-state index in [4.69, 9.17) is 14.7 Å². The lowest BCUT2D eigenvalue weighted by molar-refractivity contribution is 0.0827. The molecule has 0 aliphatic carbocycles. The van der Waals surface area contributed by atoms with Crippen LogP contribution in [0.3, 0.4) is 0 Å². The molecule has 0 saturated carbocycles. The van der Waals surface area contributed by atoms with Gasteiger partial charge >= 0.3 is 6.03 Å². The van der Waals surface area contributed by atoms with Gasteiger partial charge in [-0.15, -0.1) is 0 Å². The predicted octanol–water partition coefficient (Wildman–Crippen LogP) is 5.68. The summed E-state index contributed by atoms with van der Waals surface area (Å²) < 4.78 is 20.9. The van der Waals surface area contributed by atoms with E-state index in [0.29, 0.717) is 54.5 Å². The molecule has 1 aliphatic rings. The first kappa shape index (κ1) is 28.7. The van der Waals surface area contributed by atoms with E-state index < -0.39 is 11.8 Å². The predicted molar refractivity (Wildman–Crippen MR) is 168 cm³/mol. The SMILES string of the molecule is CN(C)C(=O)c1ccc(NC(=O)Nc2ccc(-c3nc(N4CCOCC4)c4ccc(-c5ccccn5)cc4n3)cc2F)cc1. The monoisotopic (exact) mass is 591 g/mol. The highest BCUT2D eigenvalue weighted by molar-refractivity contribution is 6.01. The van der Waals surface area contributed by atoms with Gasteiger partial charge in [-0.05, 0) is 66.7 Å². The summed E-state index contributed by atoms with van der Waals surface area (Å²) in [7, 11) is 3.33. The number of carbonyl (C=O) groups excluding carboxylic acids is 2. The van der Waals surface area contributed by atoms with E-state index in [0.717, 1.165) is 22.5 Å².